The van der Waals surface area contributed by atoms with Gasteiger partial charge in [-0.1, -0.05) is 94.6 Å². The minimum absolute atomic E-state index is 0. The summed E-state index contributed by atoms with van der Waals surface area (Å²) >= 11 is 21.1. The molecule has 0 fully saturated rings. The van der Waals surface area contributed by atoms with Gasteiger partial charge in [0.25, 0.3) is 0 Å². The van der Waals surface area contributed by atoms with Crippen molar-refractivity contribution in [1.29, 1.82) is 0 Å². The number of H-pyrrole nitrogens is 1. The summed E-state index contributed by atoms with van der Waals surface area (Å²) in [7, 11) is 0. The maximum Gasteiger partial charge on any atom is 0.239 e. The van der Waals surface area contributed by atoms with Crippen molar-refractivity contribution in [1.82, 2.24) is 44.7 Å². The van der Waals surface area contributed by atoms with E-state index in [0.29, 0.717) is 15.5 Å². The quantitative estimate of drug-likeness (QED) is 0.0847. The molecule has 0 saturated heterocycles. The number of nitrogens with one attached hydrogen (secondary N) is 1. The first kappa shape index (κ1) is 46.3. The molecule has 7 N–H and O–H groups in total. The van der Waals surface area contributed by atoms with Crippen molar-refractivity contribution < 1.29 is 14.4 Å². The van der Waals surface area contributed by atoms with Crippen molar-refractivity contribution >= 4 is 101 Å². The molecule has 6 aromatic heterocycles. The number of amides is 3. The molecule has 3 amide bonds. The molecular formula is C43H38BrCl3N12O3. The number of aromatic amines is 1. The van der Waals surface area contributed by atoms with Gasteiger partial charge >= 0.3 is 0 Å². The Morgan fingerprint density at radius 3 is 1.65 bits per heavy atom. The van der Waals surface area contributed by atoms with Crippen LogP contribution in [0.2, 0.25) is 15.5 Å². The van der Waals surface area contributed by atoms with Crippen LogP contribution in [0.4, 0.5) is 0 Å². The number of pyridine rings is 3. The normalized spacial score (nSPS) is 10.4. The molecule has 0 aliphatic rings. The van der Waals surface area contributed by atoms with Gasteiger partial charge in [-0.05, 0) is 71.3 Å². The highest BCUT2D eigenvalue weighted by molar-refractivity contribution is 9.09. The van der Waals surface area contributed by atoms with Crippen molar-refractivity contribution in [3.05, 3.63) is 144 Å². The Labute approximate surface area is 378 Å². The van der Waals surface area contributed by atoms with Crippen LogP contribution in [0.5, 0.6) is 0 Å². The van der Waals surface area contributed by atoms with Gasteiger partial charge in [0.05, 0.1) is 34.3 Å². The third-order valence-electron chi connectivity index (χ3n) is 8.61. The summed E-state index contributed by atoms with van der Waals surface area (Å²) in [5.41, 5.74) is 23.1. The number of aromatic nitrogens is 9. The largest absolute Gasteiger partial charge is 0.369 e. The average Bonchev–Trinajstić information content (AvgIpc) is 3.99. The van der Waals surface area contributed by atoms with Crippen LogP contribution in [0, 0.1) is 0 Å². The van der Waals surface area contributed by atoms with Crippen LogP contribution < -0.4 is 17.2 Å². The maximum absolute atomic E-state index is 11.0. The fraction of sp³-hybridized carbons (Fsp3) is 0.0930. The molecule has 316 valence electrons. The third-order valence-corrected chi connectivity index (χ3v) is 10.1. The second kappa shape index (κ2) is 21.7. The monoisotopic (exact) mass is 954 g/mol. The first-order valence-corrected chi connectivity index (χ1v) is 20.2. The molecule has 0 saturated carbocycles. The van der Waals surface area contributed by atoms with Crippen molar-refractivity contribution in [3.8, 4) is 33.4 Å². The van der Waals surface area contributed by atoms with E-state index in [1.807, 2.05) is 91.0 Å². The van der Waals surface area contributed by atoms with Gasteiger partial charge in [0.2, 0.25) is 17.7 Å². The number of benzene rings is 3. The Hall–Kier alpha value is -6.72. The number of carbonyl (C=O) groups excluding carboxylic acids is 3. The van der Waals surface area contributed by atoms with Crippen molar-refractivity contribution in [3.63, 3.8) is 0 Å². The van der Waals surface area contributed by atoms with E-state index in [2.05, 4.69) is 57.0 Å². The summed E-state index contributed by atoms with van der Waals surface area (Å²) in [5.74, 6) is -1.18. The van der Waals surface area contributed by atoms with Crippen LogP contribution in [-0.4, -0.2) is 67.8 Å². The number of alkyl halides is 1. The highest BCUT2D eigenvalue weighted by Crippen LogP contribution is 2.30. The zero-order chi connectivity index (χ0) is 43.5. The predicted octanol–water partition coefficient (Wildman–Crippen LogP) is 8.26. The van der Waals surface area contributed by atoms with E-state index in [0.717, 1.165) is 66.1 Å². The lowest BCUT2D eigenvalue weighted by Gasteiger charge is -2.05. The Bertz CT molecular complexity index is 2980. The first-order valence-electron chi connectivity index (χ1n) is 18.0. The Kier molecular flexibility index (Phi) is 16.2. The summed E-state index contributed by atoms with van der Waals surface area (Å²) in [6, 6.07) is 28.9. The fourth-order valence-corrected chi connectivity index (χ4v) is 6.58. The van der Waals surface area contributed by atoms with Crippen molar-refractivity contribution in [2.75, 3.05) is 5.33 Å². The van der Waals surface area contributed by atoms with Crippen molar-refractivity contribution in [2.24, 2.45) is 17.2 Å². The highest BCUT2D eigenvalue weighted by Gasteiger charge is 2.11. The number of halogens is 4. The minimum Gasteiger partial charge on any atom is -0.369 e. The lowest BCUT2D eigenvalue weighted by Crippen LogP contribution is -2.19. The standard InChI is InChI=1S/2C14H11ClN4O.C12H8ClN3.C2H4BrNO.CH4/c15-14-11(2-1-5-17-14)9-3-4-10-7-19(8-13(16)20)18-12(10)6-9;15-14-11(2-1-5-17-14)9-3-4-10-7-18-19(8-13(16)20)12(10)6-9;13-12-10(2-1-5-14-12)8-3-4-9-7-15-16-11(9)6-8;3-1-2(4)5;/h2*1-7H,8H2,(H2,16,20);1-7H,(H,15,16);1H2,(H2,4,5);1H4. The van der Waals surface area contributed by atoms with E-state index >= 15 is 0 Å². The zero-order valence-electron chi connectivity index (χ0n) is 31.8. The van der Waals surface area contributed by atoms with E-state index in [-0.39, 0.29) is 31.8 Å². The molecule has 6 heterocycles. The number of nitrogens with zero attached hydrogens (tertiary/aromatic N) is 8. The number of nitrogens with two attached hydrogens (primary N) is 3. The summed E-state index contributed by atoms with van der Waals surface area (Å²) in [4.78, 5) is 43.7. The lowest BCUT2D eigenvalue weighted by molar-refractivity contribution is -0.119. The van der Waals surface area contributed by atoms with E-state index in [1.165, 1.54) is 4.68 Å². The SMILES string of the molecule is C.Clc1ncccc1-c1ccc2cn[nH]c2c1.NC(=O)CBr.NC(=O)Cn1cc2ccc(-c3cccnc3Cl)cc2n1.NC(=O)Cn1ncc2ccc(-c3cccnc3Cl)cc21. The van der Waals surface area contributed by atoms with E-state index in [9.17, 15) is 14.4 Å². The summed E-state index contributed by atoms with van der Waals surface area (Å²) in [6.07, 6.45) is 10.2. The molecule has 0 aliphatic heterocycles. The van der Waals surface area contributed by atoms with Crippen LogP contribution in [0.3, 0.4) is 0 Å². The van der Waals surface area contributed by atoms with Crippen LogP contribution in [-0.2, 0) is 27.5 Å². The average molecular weight is 957 g/mol. The smallest absolute Gasteiger partial charge is 0.239 e. The molecule has 19 heteroatoms. The number of fused-ring (bicyclic) bond motifs is 3. The maximum atomic E-state index is 11.0. The zero-order valence-corrected chi connectivity index (χ0v) is 35.6. The van der Waals surface area contributed by atoms with E-state index < -0.39 is 11.8 Å². The molecule has 0 spiro atoms. The fourth-order valence-electron chi connectivity index (χ4n) is 5.90. The molecule has 0 atom stereocenters. The van der Waals surface area contributed by atoms with Crippen LogP contribution in [0.1, 0.15) is 7.43 Å². The molecule has 9 aromatic rings. The van der Waals surface area contributed by atoms with Crippen LogP contribution >= 0.6 is 50.7 Å². The number of carbonyl (C=O) groups is 3. The molecule has 15 nitrogen and oxygen atoms in total. The lowest BCUT2D eigenvalue weighted by atomic mass is 10.1. The van der Waals surface area contributed by atoms with Gasteiger partial charge in [-0.25, -0.2) is 15.0 Å². The van der Waals surface area contributed by atoms with Gasteiger partial charge in [0.1, 0.15) is 28.5 Å². The second-order valence-electron chi connectivity index (χ2n) is 12.9. The van der Waals surface area contributed by atoms with Gasteiger partial charge in [-0.2, -0.15) is 15.3 Å². The molecule has 62 heavy (non-hydrogen) atoms. The molecule has 0 aliphatic carbocycles. The first-order chi connectivity index (χ1) is 29.4. The van der Waals surface area contributed by atoms with Gasteiger partial charge in [-0.15, -0.1) is 0 Å². The summed E-state index contributed by atoms with van der Waals surface area (Å²) in [6.45, 7) is 0.116. The summed E-state index contributed by atoms with van der Waals surface area (Å²) in [5, 5.41) is 20.0. The predicted molar refractivity (Wildman–Crippen MR) is 248 cm³/mol. The second-order valence-corrected chi connectivity index (χ2v) is 14.5. The van der Waals surface area contributed by atoms with Crippen molar-refractivity contribution in [2.45, 2.75) is 20.5 Å². The Morgan fingerprint density at radius 2 is 1.13 bits per heavy atom. The number of hydrogen-bond donors (Lipinski definition) is 4. The van der Waals surface area contributed by atoms with Crippen LogP contribution in [0.15, 0.2) is 128 Å². The number of hydrogen-bond acceptors (Lipinski definition) is 9. The third kappa shape index (κ3) is 12.0. The topological polar surface area (TPSA) is 232 Å². The molecule has 3 aromatic carbocycles. The van der Waals surface area contributed by atoms with Gasteiger partial charge < -0.3 is 17.2 Å². The van der Waals surface area contributed by atoms with E-state index in [1.54, 1.807) is 41.9 Å². The Morgan fingerprint density at radius 1 is 0.629 bits per heavy atom. The van der Waals surface area contributed by atoms with Gasteiger partial charge in [0, 0.05) is 57.6 Å². The molecule has 0 bridgehead atoms. The molecule has 0 unspecified atom stereocenters. The Balaban J connectivity index is 0.000000166. The summed E-state index contributed by atoms with van der Waals surface area (Å²) < 4.78 is 3.10. The molecular weight excluding hydrogens is 919 g/mol. The molecule has 9 rings (SSSR count). The highest BCUT2D eigenvalue weighted by atomic mass is 79.9. The number of rotatable bonds is 8. The van der Waals surface area contributed by atoms with Gasteiger partial charge in [0.15, 0.2) is 0 Å². The van der Waals surface area contributed by atoms with Gasteiger partial charge in [-0.3, -0.25) is 28.8 Å². The van der Waals surface area contributed by atoms with Crippen LogP contribution in [0.25, 0.3) is 66.1 Å². The number of primary amides is 3. The minimum atomic E-state index is -0.431. The molecule has 0 radical (unpaired) electrons. The van der Waals surface area contributed by atoms with E-state index in [4.69, 9.17) is 46.3 Å².